The Kier molecular flexibility index (Phi) is 4.86. The molecule has 6 heteroatoms. The van der Waals surface area contributed by atoms with Crippen molar-refractivity contribution in [1.29, 1.82) is 0 Å². The van der Waals surface area contributed by atoms with Crippen LogP contribution in [0.25, 0.3) is 0 Å². The van der Waals surface area contributed by atoms with Gasteiger partial charge in [-0.2, -0.15) is 0 Å². The SMILES string of the molecule is CCOC(=O)[C@]12Cc3ccccc3[C@H]1N(CCC(=O)OC)C(=O)c1ccccc12. The second-order valence-corrected chi connectivity index (χ2v) is 7.34. The van der Waals surface area contributed by atoms with E-state index in [0.717, 1.165) is 11.1 Å². The molecule has 2 aromatic rings. The molecular weight excluding hydrogens is 370 g/mol. The highest BCUT2D eigenvalue weighted by molar-refractivity contribution is 6.03. The fourth-order valence-electron chi connectivity index (χ4n) is 4.73. The van der Waals surface area contributed by atoms with Crippen molar-refractivity contribution in [2.45, 2.75) is 31.2 Å². The van der Waals surface area contributed by atoms with Crippen molar-refractivity contribution in [3.63, 3.8) is 0 Å². The highest BCUT2D eigenvalue weighted by Gasteiger charge is 2.60. The van der Waals surface area contributed by atoms with Crippen molar-refractivity contribution in [3.8, 4) is 0 Å². The van der Waals surface area contributed by atoms with E-state index in [1.54, 1.807) is 24.0 Å². The van der Waals surface area contributed by atoms with Gasteiger partial charge in [0.2, 0.25) is 0 Å². The third-order valence-electron chi connectivity index (χ3n) is 5.92. The molecule has 0 N–H and O–H groups in total. The number of methoxy groups -OCH3 is 1. The normalized spacial score (nSPS) is 21.8. The molecule has 0 saturated carbocycles. The molecule has 150 valence electrons. The van der Waals surface area contributed by atoms with Crippen LogP contribution in [0, 0.1) is 0 Å². The van der Waals surface area contributed by atoms with Gasteiger partial charge in [-0.15, -0.1) is 0 Å². The molecular formula is C23H23NO5. The highest BCUT2D eigenvalue weighted by atomic mass is 16.5. The van der Waals surface area contributed by atoms with Gasteiger partial charge in [0.15, 0.2) is 0 Å². The summed E-state index contributed by atoms with van der Waals surface area (Å²) < 4.78 is 10.3. The molecule has 2 aliphatic rings. The summed E-state index contributed by atoms with van der Waals surface area (Å²) in [6.07, 6.45) is 0.508. The number of amides is 1. The molecule has 1 heterocycles. The van der Waals surface area contributed by atoms with E-state index in [1.165, 1.54) is 7.11 Å². The molecule has 0 fully saturated rings. The fourth-order valence-corrected chi connectivity index (χ4v) is 4.73. The summed E-state index contributed by atoms with van der Waals surface area (Å²) in [7, 11) is 1.32. The van der Waals surface area contributed by atoms with E-state index in [9.17, 15) is 14.4 Å². The molecule has 2 aromatic carbocycles. The largest absolute Gasteiger partial charge is 0.469 e. The maximum atomic E-state index is 13.4. The van der Waals surface area contributed by atoms with Crippen LogP contribution in [0.2, 0.25) is 0 Å². The minimum Gasteiger partial charge on any atom is -0.469 e. The topological polar surface area (TPSA) is 72.9 Å². The first-order chi connectivity index (χ1) is 14.0. The monoisotopic (exact) mass is 393 g/mol. The second kappa shape index (κ2) is 7.35. The van der Waals surface area contributed by atoms with Crippen LogP contribution < -0.4 is 0 Å². The Morgan fingerprint density at radius 3 is 2.62 bits per heavy atom. The lowest BCUT2D eigenvalue weighted by Gasteiger charge is -2.45. The molecule has 1 amide bonds. The Morgan fingerprint density at radius 1 is 1.14 bits per heavy atom. The van der Waals surface area contributed by atoms with Gasteiger partial charge < -0.3 is 14.4 Å². The Labute approximate surface area is 169 Å². The zero-order valence-electron chi connectivity index (χ0n) is 16.5. The van der Waals surface area contributed by atoms with Crippen LogP contribution in [0.15, 0.2) is 48.5 Å². The van der Waals surface area contributed by atoms with E-state index in [2.05, 4.69) is 0 Å². The molecule has 0 unspecified atom stereocenters. The van der Waals surface area contributed by atoms with Crippen LogP contribution in [0.3, 0.4) is 0 Å². The molecule has 0 bridgehead atoms. The van der Waals surface area contributed by atoms with Crippen molar-refractivity contribution >= 4 is 17.8 Å². The zero-order chi connectivity index (χ0) is 20.6. The van der Waals surface area contributed by atoms with E-state index >= 15 is 0 Å². The summed E-state index contributed by atoms with van der Waals surface area (Å²) >= 11 is 0. The van der Waals surface area contributed by atoms with E-state index < -0.39 is 17.4 Å². The number of benzene rings is 2. The fraction of sp³-hybridized carbons (Fsp3) is 0.348. The van der Waals surface area contributed by atoms with Crippen LogP contribution in [0.5, 0.6) is 0 Å². The number of carbonyl (C=O) groups is 3. The van der Waals surface area contributed by atoms with Crippen LogP contribution >= 0.6 is 0 Å². The van der Waals surface area contributed by atoms with Crippen LogP contribution in [0.1, 0.15) is 46.4 Å². The molecule has 0 spiro atoms. The molecule has 0 saturated heterocycles. The Bertz CT molecular complexity index is 985. The quantitative estimate of drug-likeness (QED) is 0.731. The minimum absolute atomic E-state index is 0.0575. The standard InChI is InChI=1S/C23H23NO5/c1-3-29-22(27)23-14-15-8-4-5-9-16(15)20(23)24(13-12-19(25)28-2)21(26)17-10-6-7-11-18(17)23/h4-11,20H,3,12-14H2,1-2H3/t20-,23+/m1/s1. The average Bonchev–Trinajstić information content (AvgIpc) is 3.10. The number of fused-ring (bicyclic) bond motifs is 5. The average molecular weight is 393 g/mol. The number of esters is 2. The van der Waals surface area contributed by atoms with Gasteiger partial charge in [-0.05, 0) is 36.1 Å². The first-order valence-electron chi connectivity index (χ1n) is 9.77. The molecule has 0 aromatic heterocycles. The van der Waals surface area contributed by atoms with E-state index in [0.29, 0.717) is 17.5 Å². The highest BCUT2D eigenvalue weighted by Crippen LogP contribution is 2.55. The summed E-state index contributed by atoms with van der Waals surface area (Å²) in [6.45, 7) is 2.20. The summed E-state index contributed by atoms with van der Waals surface area (Å²) in [6, 6.07) is 14.5. The minimum atomic E-state index is -1.03. The summed E-state index contributed by atoms with van der Waals surface area (Å²) in [5.41, 5.74) is 2.08. The summed E-state index contributed by atoms with van der Waals surface area (Å²) in [5.74, 6) is -0.931. The smallest absolute Gasteiger partial charge is 0.319 e. The first kappa shape index (κ1) is 19.2. The molecule has 6 nitrogen and oxygen atoms in total. The lowest BCUT2D eigenvalue weighted by atomic mass is 9.69. The van der Waals surface area contributed by atoms with Crippen LogP contribution in [-0.4, -0.2) is 43.0 Å². The molecule has 2 atom stereocenters. The molecule has 1 aliphatic heterocycles. The van der Waals surface area contributed by atoms with Gasteiger partial charge in [-0.3, -0.25) is 14.4 Å². The predicted molar refractivity (Wildman–Crippen MR) is 105 cm³/mol. The maximum absolute atomic E-state index is 13.4. The van der Waals surface area contributed by atoms with E-state index in [4.69, 9.17) is 9.47 Å². The maximum Gasteiger partial charge on any atom is 0.319 e. The van der Waals surface area contributed by atoms with E-state index in [-0.39, 0.29) is 31.4 Å². The number of hydrogen-bond donors (Lipinski definition) is 0. The lowest BCUT2D eigenvalue weighted by Crippen LogP contribution is -2.55. The third kappa shape index (κ3) is 2.82. The van der Waals surface area contributed by atoms with Gasteiger partial charge in [-0.1, -0.05) is 42.5 Å². The van der Waals surface area contributed by atoms with Gasteiger partial charge >= 0.3 is 11.9 Å². The Morgan fingerprint density at radius 2 is 1.86 bits per heavy atom. The van der Waals surface area contributed by atoms with E-state index in [1.807, 2.05) is 36.4 Å². The number of rotatable bonds is 5. The van der Waals surface area contributed by atoms with Crippen molar-refractivity contribution in [3.05, 3.63) is 70.8 Å². The predicted octanol–water partition coefficient (Wildman–Crippen LogP) is 2.80. The third-order valence-corrected chi connectivity index (χ3v) is 5.92. The van der Waals surface area contributed by atoms with Crippen LogP contribution in [-0.2, 0) is 30.9 Å². The molecule has 0 radical (unpaired) electrons. The Hall–Kier alpha value is -3.15. The number of nitrogens with zero attached hydrogens (tertiary/aromatic N) is 1. The van der Waals surface area contributed by atoms with Crippen molar-refractivity contribution in [1.82, 2.24) is 4.90 Å². The zero-order valence-corrected chi connectivity index (χ0v) is 16.5. The van der Waals surface area contributed by atoms with Gasteiger partial charge in [0, 0.05) is 12.1 Å². The lowest BCUT2D eigenvalue weighted by molar-refractivity contribution is -0.153. The van der Waals surface area contributed by atoms with Crippen molar-refractivity contribution in [2.24, 2.45) is 0 Å². The summed E-state index contributed by atoms with van der Waals surface area (Å²) in [5, 5.41) is 0. The molecule has 29 heavy (non-hydrogen) atoms. The number of ether oxygens (including phenoxy) is 2. The molecule has 1 aliphatic carbocycles. The number of carbonyl (C=O) groups excluding carboxylic acids is 3. The van der Waals surface area contributed by atoms with Gasteiger partial charge in [-0.25, -0.2) is 0 Å². The number of hydrogen-bond acceptors (Lipinski definition) is 5. The van der Waals surface area contributed by atoms with Gasteiger partial charge in [0.25, 0.3) is 5.91 Å². The van der Waals surface area contributed by atoms with Crippen LogP contribution in [0.4, 0.5) is 0 Å². The molecule has 4 rings (SSSR count). The van der Waals surface area contributed by atoms with Gasteiger partial charge in [0.05, 0.1) is 26.2 Å². The summed E-state index contributed by atoms with van der Waals surface area (Å²) in [4.78, 5) is 40.3. The van der Waals surface area contributed by atoms with Crippen molar-refractivity contribution < 1.29 is 23.9 Å². The van der Waals surface area contributed by atoms with Gasteiger partial charge in [0.1, 0.15) is 5.41 Å². The Balaban J connectivity index is 1.93. The first-order valence-corrected chi connectivity index (χ1v) is 9.77. The van der Waals surface area contributed by atoms with Crippen molar-refractivity contribution in [2.75, 3.05) is 20.3 Å². The second-order valence-electron chi connectivity index (χ2n) is 7.34.